The Hall–Kier alpha value is -0.963. The summed E-state index contributed by atoms with van der Waals surface area (Å²) in [5.41, 5.74) is 14.4. The van der Waals surface area contributed by atoms with Crippen molar-refractivity contribution in [3.63, 3.8) is 0 Å². The minimum Gasteiger partial charge on any atom is -0.542 e. The summed E-state index contributed by atoms with van der Waals surface area (Å²) in [5, 5.41) is 0. The largest absolute Gasteiger partial charge is 0.542 e. The zero-order valence-corrected chi connectivity index (χ0v) is 16.6. The Morgan fingerprint density at radius 3 is 1.64 bits per heavy atom. The van der Waals surface area contributed by atoms with Crippen LogP contribution in [-0.2, 0) is 12.8 Å². The van der Waals surface area contributed by atoms with E-state index in [-0.39, 0.29) is 0 Å². The molecule has 1 aliphatic rings. The monoisotopic (exact) mass is 319 g/mol. The van der Waals surface area contributed by atoms with E-state index in [1.165, 1.54) is 16.7 Å². The lowest BCUT2D eigenvalue weighted by molar-refractivity contribution is 0.466. The molecular formula is C19H33NOSi. The summed E-state index contributed by atoms with van der Waals surface area (Å²) >= 11 is 0. The maximum absolute atomic E-state index is 6.97. The van der Waals surface area contributed by atoms with Crippen LogP contribution in [-0.4, -0.2) is 8.32 Å². The molecule has 2 rings (SSSR count). The van der Waals surface area contributed by atoms with Gasteiger partial charge in [0.1, 0.15) is 5.75 Å². The zero-order chi connectivity index (χ0) is 16.8. The van der Waals surface area contributed by atoms with Crippen LogP contribution in [0.2, 0.25) is 16.6 Å². The number of hydrogen-bond donors (Lipinski definition) is 1. The molecule has 0 atom stereocenters. The van der Waals surface area contributed by atoms with E-state index < -0.39 is 8.32 Å². The fourth-order valence-electron chi connectivity index (χ4n) is 4.50. The van der Waals surface area contributed by atoms with Crippen molar-refractivity contribution in [1.82, 2.24) is 0 Å². The van der Waals surface area contributed by atoms with Crippen molar-refractivity contribution in [2.75, 3.05) is 5.73 Å². The first-order valence-corrected chi connectivity index (χ1v) is 10.9. The average Bonchev–Trinajstić information content (AvgIpc) is 2.37. The van der Waals surface area contributed by atoms with Crippen LogP contribution in [0, 0.1) is 13.8 Å². The summed E-state index contributed by atoms with van der Waals surface area (Å²) in [6.07, 6.45) is 2.30. The highest BCUT2D eigenvalue weighted by atomic mass is 28.4. The summed E-state index contributed by atoms with van der Waals surface area (Å²) in [7, 11) is -1.92. The topological polar surface area (TPSA) is 35.2 Å². The van der Waals surface area contributed by atoms with Crippen molar-refractivity contribution in [2.45, 2.75) is 84.9 Å². The molecule has 0 bridgehead atoms. The molecule has 124 valence electrons. The van der Waals surface area contributed by atoms with Gasteiger partial charge in [-0.1, -0.05) is 41.5 Å². The molecule has 0 heterocycles. The standard InChI is InChI=1S/C19H33NOSi/c1-11(2)22(12(3)4,13(5)6)21-19-15(8)18(20)14(7)16-9-10-17(16)19/h11-13H,9-10,20H2,1-8H3. The van der Waals surface area contributed by atoms with Crippen LogP contribution < -0.4 is 10.2 Å². The molecule has 0 radical (unpaired) electrons. The summed E-state index contributed by atoms with van der Waals surface area (Å²) in [6, 6.07) is 0. The Kier molecular flexibility index (Phi) is 4.68. The van der Waals surface area contributed by atoms with Gasteiger partial charge in [-0.2, -0.15) is 0 Å². The first kappa shape index (κ1) is 17.4. The van der Waals surface area contributed by atoms with Crippen LogP contribution in [0.3, 0.4) is 0 Å². The average molecular weight is 320 g/mol. The third-order valence-corrected chi connectivity index (χ3v) is 11.8. The predicted molar refractivity (Wildman–Crippen MR) is 99.4 cm³/mol. The van der Waals surface area contributed by atoms with Gasteiger partial charge in [0.2, 0.25) is 0 Å². The number of anilines is 1. The van der Waals surface area contributed by atoms with E-state index in [4.69, 9.17) is 10.2 Å². The maximum Gasteiger partial charge on any atom is 0.258 e. The quantitative estimate of drug-likeness (QED) is 0.571. The molecule has 3 heteroatoms. The minimum atomic E-state index is -1.92. The van der Waals surface area contributed by atoms with Crippen LogP contribution in [0.4, 0.5) is 5.69 Å². The van der Waals surface area contributed by atoms with Gasteiger partial charge in [0.05, 0.1) is 0 Å². The van der Waals surface area contributed by atoms with Gasteiger partial charge in [0.15, 0.2) is 0 Å². The third-order valence-electron chi connectivity index (χ3n) is 5.85. The maximum atomic E-state index is 6.97. The van der Waals surface area contributed by atoms with Crippen molar-refractivity contribution in [1.29, 1.82) is 0 Å². The van der Waals surface area contributed by atoms with Gasteiger partial charge in [-0.25, -0.2) is 0 Å². The predicted octanol–water partition coefficient (Wildman–Crippen LogP) is 5.54. The summed E-state index contributed by atoms with van der Waals surface area (Å²) in [6.45, 7) is 18.3. The molecule has 0 amide bonds. The van der Waals surface area contributed by atoms with Crippen LogP contribution in [0.15, 0.2) is 0 Å². The lowest BCUT2D eigenvalue weighted by Gasteiger charge is -2.44. The van der Waals surface area contributed by atoms with Gasteiger partial charge in [-0.05, 0) is 60.0 Å². The Labute approximate surface area is 137 Å². The lowest BCUT2D eigenvalue weighted by atomic mass is 9.82. The second-order valence-corrected chi connectivity index (χ2v) is 13.2. The number of nitrogens with two attached hydrogens (primary N) is 1. The molecule has 0 unspecified atom stereocenters. The molecule has 1 aliphatic carbocycles. The van der Waals surface area contributed by atoms with Gasteiger partial charge < -0.3 is 10.2 Å². The molecule has 0 aliphatic heterocycles. The molecule has 2 nitrogen and oxygen atoms in total. The lowest BCUT2D eigenvalue weighted by Crippen LogP contribution is -2.51. The molecular weight excluding hydrogens is 286 g/mol. The van der Waals surface area contributed by atoms with E-state index in [0.717, 1.165) is 29.8 Å². The van der Waals surface area contributed by atoms with E-state index in [0.29, 0.717) is 16.6 Å². The van der Waals surface area contributed by atoms with Gasteiger partial charge in [0, 0.05) is 11.3 Å². The van der Waals surface area contributed by atoms with Crippen molar-refractivity contribution < 1.29 is 4.43 Å². The molecule has 1 aromatic rings. The summed E-state index contributed by atoms with van der Waals surface area (Å²) < 4.78 is 6.97. The van der Waals surface area contributed by atoms with E-state index in [1.54, 1.807) is 0 Å². The minimum absolute atomic E-state index is 0.588. The second kappa shape index (κ2) is 5.92. The van der Waals surface area contributed by atoms with Crippen molar-refractivity contribution in [3.8, 4) is 5.75 Å². The van der Waals surface area contributed by atoms with Crippen molar-refractivity contribution in [2.24, 2.45) is 0 Å². The first-order valence-electron chi connectivity index (χ1n) is 8.73. The molecule has 1 aromatic carbocycles. The number of hydrogen-bond acceptors (Lipinski definition) is 2. The highest BCUT2D eigenvalue weighted by Gasteiger charge is 2.48. The first-order chi connectivity index (χ1) is 10.1. The highest BCUT2D eigenvalue weighted by Crippen LogP contribution is 2.48. The van der Waals surface area contributed by atoms with Crippen LogP contribution in [0.5, 0.6) is 5.75 Å². The molecule has 2 N–H and O–H groups in total. The SMILES string of the molecule is Cc1c(N)c(C)c(O[Si](C(C)C)(C(C)C)C(C)C)c2c1CC2. The summed E-state index contributed by atoms with van der Waals surface area (Å²) in [5.74, 6) is 1.13. The van der Waals surface area contributed by atoms with Crippen LogP contribution >= 0.6 is 0 Å². The number of rotatable bonds is 5. The van der Waals surface area contributed by atoms with Gasteiger partial charge in [-0.15, -0.1) is 0 Å². The van der Waals surface area contributed by atoms with Crippen molar-refractivity contribution >= 4 is 14.0 Å². The van der Waals surface area contributed by atoms with Gasteiger partial charge in [-0.3, -0.25) is 0 Å². The molecule has 0 aromatic heterocycles. The van der Waals surface area contributed by atoms with Crippen LogP contribution in [0.1, 0.15) is 63.8 Å². The fraction of sp³-hybridized carbons (Fsp3) is 0.684. The van der Waals surface area contributed by atoms with E-state index in [1.807, 2.05) is 0 Å². The second-order valence-electron chi connectivity index (χ2n) is 7.87. The normalized spacial score (nSPS) is 14.5. The number of nitrogen functional groups attached to an aromatic ring is 1. The number of fused-ring (bicyclic) bond motifs is 1. The molecule has 0 saturated heterocycles. The third kappa shape index (κ3) is 2.38. The van der Waals surface area contributed by atoms with E-state index in [2.05, 4.69) is 55.4 Å². The highest BCUT2D eigenvalue weighted by molar-refractivity contribution is 6.78. The molecule has 0 spiro atoms. The van der Waals surface area contributed by atoms with Gasteiger partial charge >= 0.3 is 0 Å². The molecule has 0 saturated carbocycles. The molecule has 0 fully saturated rings. The van der Waals surface area contributed by atoms with Crippen molar-refractivity contribution in [3.05, 3.63) is 22.3 Å². The van der Waals surface area contributed by atoms with E-state index in [9.17, 15) is 0 Å². The Bertz CT molecular complexity index is 537. The van der Waals surface area contributed by atoms with Crippen LogP contribution in [0.25, 0.3) is 0 Å². The smallest absolute Gasteiger partial charge is 0.258 e. The molecule has 22 heavy (non-hydrogen) atoms. The Balaban J connectivity index is 2.58. The zero-order valence-electron chi connectivity index (χ0n) is 15.6. The van der Waals surface area contributed by atoms with Gasteiger partial charge in [0.25, 0.3) is 8.32 Å². The van der Waals surface area contributed by atoms with E-state index >= 15 is 0 Å². The fourth-order valence-corrected chi connectivity index (χ4v) is 9.84. The Morgan fingerprint density at radius 2 is 1.27 bits per heavy atom. The Morgan fingerprint density at radius 1 is 0.818 bits per heavy atom. The number of benzene rings is 1. The summed E-state index contributed by atoms with van der Waals surface area (Å²) in [4.78, 5) is 0.